The van der Waals surface area contributed by atoms with Gasteiger partial charge in [0.1, 0.15) is 18.5 Å². The number of hydrogen-bond acceptors (Lipinski definition) is 5. The molecule has 0 bridgehead atoms. The molecule has 0 unspecified atom stereocenters. The summed E-state index contributed by atoms with van der Waals surface area (Å²) in [5.74, 6) is 0.930. The van der Waals surface area contributed by atoms with Crippen LogP contribution in [0.3, 0.4) is 0 Å². The third-order valence-corrected chi connectivity index (χ3v) is 5.40. The van der Waals surface area contributed by atoms with E-state index in [0.717, 1.165) is 30.0 Å². The van der Waals surface area contributed by atoms with Crippen LogP contribution in [0.15, 0.2) is 55.1 Å². The maximum absolute atomic E-state index is 12.1. The fraction of sp³-hybridized carbons (Fsp3) is 0.316. The van der Waals surface area contributed by atoms with E-state index in [1.165, 1.54) is 0 Å². The highest BCUT2D eigenvalue weighted by molar-refractivity contribution is 5.79. The Balaban J connectivity index is 1.52. The molecule has 7 heteroatoms. The van der Waals surface area contributed by atoms with Crippen molar-refractivity contribution >= 4 is 17.4 Å². The number of carbonyl (C=O) groups excluding carboxylic acids is 1. The molecule has 2 aromatic heterocycles. The highest BCUT2D eigenvalue weighted by Crippen LogP contribution is 2.38. The van der Waals surface area contributed by atoms with Crippen LogP contribution in [-0.4, -0.2) is 46.1 Å². The summed E-state index contributed by atoms with van der Waals surface area (Å²) in [4.78, 5) is 23.0. The number of benzene rings is 1. The molecule has 2 fully saturated rings. The van der Waals surface area contributed by atoms with Crippen LogP contribution in [0.2, 0.25) is 0 Å². The number of aromatic nitrogens is 3. The number of imidazole rings is 1. The van der Waals surface area contributed by atoms with Crippen molar-refractivity contribution < 1.29 is 9.53 Å². The average Bonchev–Trinajstić information content (AvgIpc) is 3.17. The van der Waals surface area contributed by atoms with Gasteiger partial charge in [-0.2, -0.15) is 0 Å². The molecule has 2 aliphatic rings. The second kappa shape index (κ2) is 5.81. The maximum atomic E-state index is 12.1. The van der Waals surface area contributed by atoms with Gasteiger partial charge in [-0.05, 0) is 12.0 Å². The summed E-state index contributed by atoms with van der Waals surface area (Å²) in [7, 11) is 0. The van der Waals surface area contributed by atoms with Crippen molar-refractivity contribution in [2.45, 2.75) is 18.1 Å². The molecule has 2 aliphatic heterocycles. The molecule has 4 heterocycles. The van der Waals surface area contributed by atoms with Crippen LogP contribution in [0.1, 0.15) is 12.0 Å². The minimum Gasteiger partial charge on any atom is -0.364 e. The van der Waals surface area contributed by atoms with Crippen LogP contribution in [0.25, 0.3) is 5.65 Å². The Labute approximate surface area is 150 Å². The summed E-state index contributed by atoms with van der Waals surface area (Å²) in [5.41, 5.74) is 1.43. The number of ether oxygens (including phenoxy) is 1. The van der Waals surface area contributed by atoms with Gasteiger partial charge in [0.25, 0.3) is 0 Å². The molecule has 0 aliphatic carbocycles. The number of morpholine rings is 1. The van der Waals surface area contributed by atoms with E-state index >= 15 is 0 Å². The van der Waals surface area contributed by atoms with Crippen LogP contribution in [0, 0.1) is 0 Å². The molecule has 1 amide bonds. The van der Waals surface area contributed by atoms with Crippen molar-refractivity contribution in [3.63, 3.8) is 0 Å². The predicted octanol–water partition coefficient (Wildman–Crippen LogP) is 1.35. The summed E-state index contributed by atoms with van der Waals surface area (Å²) in [5, 5.41) is 3.23. The predicted molar refractivity (Wildman–Crippen MR) is 95.8 cm³/mol. The van der Waals surface area contributed by atoms with Crippen LogP contribution in [-0.2, 0) is 15.1 Å². The molecule has 2 saturated heterocycles. The van der Waals surface area contributed by atoms with Gasteiger partial charge >= 0.3 is 0 Å². The number of anilines is 1. The number of amides is 1. The summed E-state index contributed by atoms with van der Waals surface area (Å²) in [6, 6.07) is 10.1. The maximum Gasteiger partial charge on any atom is 0.246 e. The highest BCUT2D eigenvalue weighted by atomic mass is 16.5. The molecule has 0 radical (unpaired) electrons. The Morgan fingerprint density at radius 2 is 2.12 bits per heavy atom. The van der Waals surface area contributed by atoms with Crippen molar-refractivity contribution in [1.29, 1.82) is 0 Å². The number of nitrogens with zero attached hydrogens (tertiary/aromatic N) is 4. The van der Waals surface area contributed by atoms with E-state index in [1.807, 2.05) is 35.0 Å². The van der Waals surface area contributed by atoms with Crippen molar-refractivity contribution in [2.24, 2.45) is 0 Å². The van der Waals surface area contributed by atoms with Gasteiger partial charge in [0, 0.05) is 25.5 Å². The molecular weight excluding hydrogens is 330 g/mol. The summed E-state index contributed by atoms with van der Waals surface area (Å²) < 4.78 is 8.03. The quantitative estimate of drug-likeness (QED) is 0.756. The Morgan fingerprint density at radius 1 is 1.23 bits per heavy atom. The zero-order valence-corrected chi connectivity index (χ0v) is 14.2. The molecule has 26 heavy (non-hydrogen) atoms. The number of rotatable bonds is 2. The second-order valence-corrected chi connectivity index (χ2v) is 6.80. The lowest BCUT2D eigenvalue weighted by Gasteiger charge is -2.50. The monoisotopic (exact) mass is 349 g/mol. The first-order valence-electron chi connectivity index (χ1n) is 8.76. The topological polar surface area (TPSA) is 71.8 Å². The zero-order chi connectivity index (χ0) is 17.6. The summed E-state index contributed by atoms with van der Waals surface area (Å²) in [6.07, 6.45) is 7.95. The highest BCUT2D eigenvalue weighted by Gasteiger charge is 2.49. The van der Waals surface area contributed by atoms with E-state index in [9.17, 15) is 4.79 Å². The normalized spacial score (nSPS) is 25.8. The van der Waals surface area contributed by atoms with Crippen molar-refractivity contribution in [1.82, 2.24) is 19.7 Å². The van der Waals surface area contributed by atoms with Gasteiger partial charge in [-0.15, -0.1) is 0 Å². The zero-order valence-electron chi connectivity index (χ0n) is 14.2. The summed E-state index contributed by atoms with van der Waals surface area (Å²) in [6.45, 7) is 1.56. The number of nitrogens with one attached hydrogen (secondary N) is 1. The van der Waals surface area contributed by atoms with Gasteiger partial charge in [0.15, 0.2) is 5.65 Å². The minimum atomic E-state index is -0.483. The molecule has 1 N–H and O–H groups in total. The molecule has 132 valence electrons. The van der Waals surface area contributed by atoms with Gasteiger partial charge in [0.2, 0.25) is 5.91 Å². The SMILES string of the molecule is O=C1CO[C@@H]2CN(c3cncc4nccn34)CC[C@@]2(c2ccccc2)N1. The minimum absolute atomic E-state index is 0.0584. The van der Waals surface area contributed by atoms with Crippen molar-refractivity contribution in [2.75, 3.05) is 24.6 Å². The van der Waals surface area contributed by atoms with E-state index in [1.54, 1.807) is 12.4 Å². The fourth-order valence-corrected chi connectivity index (χ4v) is 4.14. The van der Waals surface area contributed by atoms with Gasteiger partial charge in [0.05, 0.1) is 17.9 Å². The van der Waals surface area contributed by atoms with Crippen molar-refractivity contribution in [3.8, 4) is 0 Å². The first-order valence-corrected chi connectivity index (χ1v) is 8.76. The van der Waals surface area contributed by atoms with Crippen LogP contribution in [0.4, 0.5) is 5.82 Å². The molecule has 0 saturated carbocycles. The van der Waals surface area contributed by atoms with Gasteiger partial charge in [-0.3, -0.25) is 14.2 Å². The lowest BCUT2D eigenvalue weighted by molar-refractivity contribution is -0.146. The molecule has 7 nitrogen and oxygen atoms in total. The molecule has 0 spiro atoms. The number of carbonyl (C=O) groups is 1. The van der Waals surface area contributed by atoms with E-state index < -0.39 is 5.54 Å². The third kappa shape index (κ3) is 2.28. The lowest BCUT2D eigenvalue weighted by atomic mass is 9.77. The van der Waals surface area contributed by atoms with E-state index in [-0.39, 0.29) is 18.6 Å². The van der Waals surface area contributed by atoms with Gasteiger partial charge in [-0.1, -0.05) is 30.3 Å². The smallest absolute Gasteiger partial charge is 0.246 e. The number of fused-ring (bicyclic) bond motifs is 2. The third-order valence-electron chi connectivity index (χ3n) is 5.40. The second-order valence-electron chi connectivity index (χ2n) is 6.80. The molecular formula is C19H19N5O2. The first kappa shape index (κ1) is 15.3. The number of hydrogen-bond donors (Lipinski definition) is 1. The standard InChI is InChI=1S/C19H19N5O2/c25-17-13-26-15-12-23(18-11-20-10-16-21-7-9-24(16)18)8-6-19(15,22-17)14-4-2-1-3-5-14/h1-5,7,9-11,15H,6,8,12-13H2,(H,22,25)/t15-,19+/m1/s1. The first-order chi connectivity index (χ1) is 12.8. The Morgan fingerprint density at radius 3 is 3.00 bits per heavy atom. The molecule has 3 aromatic rings. The Kier molecular flexibility index (Phi) is 3.43. The Hall–Kier alpha value is -2.93. The van der Waals surface area contributed by atoms with E-state index in [0.29, 0.717) is 6.54 Å². The lowest BCUT2D eigenvalue weighted by Crippen LogP contribution is -2.66. The molecule has 1 aromatic carbocycles. The Bertz CT molecular complexity index is 957. The number of piperidine rings is 1. The van der Waals surface area contributed by atoms with Crippen molar-refractivity contribution in [3.05, 3.63) is 60.7 Å². The molecule has 5 rings (SSSR count). The largest absolute Gasteiger partial charge is 0.364 e. The van der Waals surface area contributed by atoms with Crippen LogP contribution < -0.4 is 10.2 Å². The van der Waals surface area contributed by atoms with Gasteiger partial charge in [-0.25, -0.2) is 4.98 Å². The fourth-order valence-electron chi connectivity index (χ4n) is 4.14. The van der Waals surface area contributed by atoms with E-state index in [4.69, 9.17) is 4.74 Å². The van der Waals surface area contributed by atoms with Gasteiger partial charge < -0.3 is 15.0 Å². The summed E-state index contributed by atoms with van der Waals surface area (Å²) >= 11 is 0. The van der Waals surface area contributed by atoms with Crippen LogP contribution >= 0.6 is 0 Å². The van der Waals surface area contributed by atoms with Crippen LogP contribution in [0.5, 0.6) is 0 Å². The average molecular weight is 349 g/mol. The molecule has 2 atom stereocenters. The van der Waals surface area contributed by atoms with E-state index in [2.05, 4.69) is 32.3 Å².